The van der Waals surface area contributed by atoms with Crippen LogP contribution in [0.4, 0.5) is 13.2 Å². The number of ether oxygens (including phenoxy) is 2. The summed E-state index contributed by atoms with van der Waals surface area (Å²) in [6.45, 7) is 2.29. The van der Waals surface area contributed by atoms with Gasteiger partial charge in [-0.05, 0) is 31.5 Å². The lowest BCUT2D eigenvalue weighted by molar-refractivity contribution is -0.143. The van der Waals surface area contributed by atoms with E-state index in [1.165, 1.54) is 19.1 Å². The molecule has 2 unspecified atom stereocenters. The van der Waals surface area contributed by atoms with Crippen LogP contribution in [-0.4, -0.2) is 75.1 Å². The molecule has 7 nitrogen and oxygen atoms in total. The van der Waals surface area contributed by atoms with Crippen LogP contribution in [0.25, 0.3) is 0 Å². The molecule has 0 saturated carbocycles. The van der Waals surface area contributed by atoms with E-state index in [0.29, 0.717) is 42.5 Å². The first-order valence-electron chi connectivity index (χ1n) is 9.49. The van der Waals surface area contributed by atoms with Gasteiger partial charge >= 0.3 is 6.18 Å². The molecule has 0 aliphatic carbocycles. The molecule has 1 fully saturated rings. The van der Waals surface area contributed by atoms with Crippen LogP contribution in [0, 0.1) is 0 Å². The Kier molecular flexibility index (Phi) is 11.0. The Bertz CT molecular complexity index is 691. The summed E-state index contributed by atoms with van der Waals surface area (Å²) in [5.74, 6) is 1.56. The molecule has 1 aliphatic rings. The van der Waals surface area contributed by atoms with Gasteiger partial charge in [-0.2, -0.15) is 13.2 Å². The van der Waals surface area contributed by atoms with E-state index in [2.05, 4.69) is 15.6 Å². The maximum absolute atomic E-state index is 12.6. The summed E-state index contributed by atoms with van der Waals surface area (Å²) in [5.41, 5.74) is 0.545. The maximum atomic E-state index is 12.6. The minimum atomic E-state index is -4.20. The third-order valence-corrected chi connectivity index (χ3v) is 4.58. The number of hydrogen-bond acceptors (Lipinski definition) is 5. The number of hydrogen-bond donors (Lipinski definition) is 3. The van der Waals surface area contributed by atoms with Crippen LogP contribution in [0.2, 0.25) is 0 Å². The zero-order chi connectivity index (χ0) is 21.4. The van der Waals surface area contributed by atoms with E-state index < -0.39 is 18.8 Å². The highest BCUT2D eigenvalue weighted by atomic mass is 127. The van der Waals surface area contributed by atoms with Gasteiger partial charge in [0.1, 0.15) is 17.6 Å². The quantitative estimate of drug-likeness (QED) is 0.265. The Morgan fingerprint density at radius 3 is 2.67 bits per heavy atom. The van der Waals surface area contributed by atoms with E-state index >= 15 is 0 Å². The van der Waals surface area contributed by atoms with Crippen molar-refractivity contribution in [1.82, 2.24) is 15.5 Å². The van der Waals surface area contributed by atoms with Gasteiger partial charge in [-0.3, -0.25) is 9.89 Å². The zero-order valence-corrected chi connectivity index (χ0v) is 19.7. The van der Waals surface area contributed by atoms with E-state index in [0.717, 1.165) is 0 Å². The van der Waals surface area contributed by atoms with Gasteiger partial charge in [-0.25, -0.2) is 0 Å². The molecule has 1 saturated heterocycles. The number of benzene rings is 1. The number of guanidine groups is 1. The van der Waals surface area contributed by atoms with Crippen molar-refractivity contribution >= 4 is 29.9 Å². The van der Waals surface area contributed by atoms with E-state index in [-0.39, 0.29) is 43.1 Å². The number of rotatable bonds is 8. The summed E-state index contributed by atoms with van der Waals surface area (Å²) >= 11 is 0. The zero-order valence-electron chi connectivity index (χ0n) is 17.3. The second-order valence-corrected chi connectivity index (χ2v) is 6.82. The average Bonchev–Trinajstić information content (AvgIpc) is 3.10. The first-order valence-corrected chi connectivity index (χ1v) is 9.49. The molecule has 1 heterocycles. The number of aliphatic hydroxyl groups is 1. The Morgan fingerprint density at radius 1 is 1.33 bits per heavy atom. The van der Waals surface area contributed by atoms with Crippen LogP contribution >= 0.6 is 24.0 Å². The summed E-state index contributed by atoms with van der Waals surface area (Å²) in [6, 6.07) is 4.99. The third-order valence-electron chi connectivity index (χ3n) is 4.58. The van der Waals surface area contributed by atoms with Crippen LogP contribution in [0.15, 0.2) is 23.2 Å². The van der Waals surface area contributed by atoms with Crippen molar-refractivity contribution in [3.63, 3.8) is 0 Å². The number of aliphatic hydroxyl groups excluding tert-OH is 1. The number of halogens is 4. The molecule has 3 N–H and O–H groups in total. The molecule has 0 radical (unpaired) electrons. The molecule has 30 heavy (non-hydrogen) atoms. The van der Waals surface area contributed by atoms with Gasteiger partial charge < -0.3 is 25.2 Å². The fourth-order valence-electron chi connectivity index (χ4n) is 3.24. The standard InChI is InChI=1S/C19H29F3N4O3.HI/c1-4-23-18(25-13-7-8-26(11-13)12-19(20,21)22)24-10-16(27)15-9-14(28-2)5-6-17(15)29-3;/h5-6,9,13,16,27H,4,7-8,10-12H2,1-3H3,(H2,23,24,25);1H. The summed E-state index contributed by atoms with van der Waals surface area (Å²) in [6.07, 6.45) is -4.54. The molecule has 2 atom stereocenters. The number of alkyl halides is 3. The SMILES string of the molecule is CCNC(=NCC(O)c1cc(OC)ccc1OC)NC1CCN(CC(F)(F)F)C1.I. The number of nitrogens with zero attached hydrogens (tertiary/aromatic N) is 2. The van der Waals surface area contributed by atoms with Crippen molar-refractivity contribution in [1.29, 1.82) is 0 Å². The molecular weight excluding hydrogens is 516 g/mol. The first-order chi connectivity index (χ1) is 13.8. The van der Waals surface area contributed by atoms with Crippen molar-refractivity contribution in [2.75, 3.05) is 46.9 Å². The van der Waals surface area contributed by atoms with Crippen LogP contribution in [0.5, 0.6) is 11.5 Å². The van der Waals surface area contributed by atoms with Crippen molar-refractivity contribution in [2.24, 2.45) is 4.99 Å². The summed E-state index contributed by atoms with van der Waals surface area (Å²) in [5, 5.41) is 16.8. The average molecular weight is 546 g/mol. The lowest BCUT2D eigenvalue weighted by Gasteiger charge is -2.20. The number of nitrogens with one attached hydrogen (secondary N) is 2. The normalized spacial score (nSPS) is 18.5. The molecule has 0 spiro atoms. The molecule has 0 bridgehead atoms. The molecule has 1 aromatic rings. The Balaban J connectivity index is 0.00000450. The number of aliphatic imine (C=N–C) groups is 1. The van der Waals surface area contributed by atoms with Crippen LogP contribution in [0.1, 0.15) is 25.0 Å². The molecule has 11 heteroatoms. The minimum absolute atomic E-state index is 0. The van der Waals surface area contributed by atoms with Gasteiger partial charge in [0, 0.05) is 31.2 Å². The highest BCUT2D eigenvalue weighted by molar-refractivity contribution is 14.0. The lowest BCUT2D eigenvalue weighted by atomic mass is 10.1. The fraction of sp³-hybridized carbons (Fsp3) is 0.632. The third kappa shape index (κ3) is 8.34. The van der Waals surface area contributed by atoms with Crippen LogP contribution in [0.3, 0.4) is 0 Å². The van der Waals surface area contributed by atoms with Crippen molar-refractivity contribution in [2.45, 2.75) is 31.7 Å². The van der Waals surface area contributed by atoms with Crippen molar-refractivity contribution < 1.29 is 27.8 Å². The molecule has 0 amide bonds. The molecule has 1 aromatic carbocycles. The number of likely N-dealkylation sites (tertiary alicyclic amines) is 1. The van der Waals surface area contributed by atoms with Gasteiger partial charge in [0.2, 0.25) is 0 Å². The monoisotopic (exact) mass is 546 g/mol. The Morgan fingerprint density at radius 2 is 2.07 bits per heavy atom. The van der Waals surface area contributed by atoms with Crippen LogP contribution < -0.4 is 20.1 Å². The summed E-state index contributed by atoms with van der Waals surface area (Å²) in [7, 11) is 3.05. The first kappa shape index (κ1) is 26.6. The fourth-order valence-corrected chi connectivity index (χ4v) is 3.24. The van der Waals surface area contributed by atoms with E-state index in [9.17, 15) is 18.3 Å². The molecule has 172 valence electrons. The van der Waals surface area contributed by atoms with E-state index in [1.54, 1.807) is 18.2 Å². The van der Waals surface area contributed by atoms with Gasteiger partial charge in [0.05, 0.1) is 27.3 Å². The van der Waals surface area contributed by atoms with Gasteiger partial charge in [0.15, 0.2) is 5.96 Å². The smallest absolute Gasteiger partial charge is 0.401 e. The van der Waals surface area contributed by atoms with Gasteiger partial charge in [-0.15, -0.1) is 24.0 Å². The second kappa shape index (κ2) is 12.4. The highest BCUT2D eigenvalue weighted by Crippen LogP contribution is 2.29. The Labute approximate surface area is 192 Å². The predicted molar refractivity (Wildman–Crippen MR) is 120 cm³/mol. The topological polar surface area (TPSA) is 78.4 Å². The Hall–Kier alpha value is -1.47. The van der Waals surface area contributed by atoms with Crippen LogP contribution in [-0.2, 0) is 0 Å². The van der Waals surface area contributed by atoms with Crippen molar-refractivity contribution in [3.8, 4) is 11.5 Å². The van der Waals surface area contributed by atoms with E-state index in [4.69, 9.17) is 9.47 Å². The summed E-state index contributed by atoms with van der Waals surface area (Å²) < 4.78 is 48.2. The molecule has 0 aromatic heterocycles. The largest absolute Gasteiger partial charge is 0.497 e. The molecule has 1 aliphatic heterocycles. The number of methoxy groups -OCH3 is 2. The van der Waals surface area contributed by atoms with Crippen molar-refractivity contribution in [3.05, 3.63) is 23.8 Å². The minimum Gasteiger partial charge on any atom is -0.497 e. The van der Waals surface area contributed by atoms with Gasteiger partial charge in [-0.1, -0.05) is 0 Å². The second-order valence-electron chi connectivity index (χ2n) is 6.82. The lowest BCUT2D eigenvalue weighted by Crippen LogP contribution is -2.45. The van der Waals surface area contributed by atoms with Gasteiger partial charge in [0.25, 0.3) is 0 Å². The predicted octanol–water partition coefficient (Wildman–Crippen LogP) is 2.55. The molecule has 2 rings (SSSR count). The maximum Gasteiger partial charge on any atom is 0.401 e. The molecular formula is C19H30F3IN4O3. The highest BCUT2D eigenvalue weighted by Gasteiger charge is 2.34. The van der Waals surface area contributed by atoms with E-state index in [1.807, 2.05) is 6.92 Å². The summed E-state index contributed by atoms with van der Waals surface area (Å²) in [4.78, 5) is 5.76.